The van der Waals surface area contributed by atoms with Crippen LogP contribution in [0.2, 0.25) is 0 Å². The first-order valence-electron chi connectivity index (χ1n) is 4.16. The van der Waals surface area contributed by atoms with Gasteiger partial charge < -0.3 is 0 Å². The zero-order valence-corrected chi connectivity index (χ0v) is 7.66. The van der Waals surface area contributed by atoms with Crippen LogP contribution in [-0.4, -0.2) is 16.0 Å². The van der Waals surface area contributed by atoms with Crippen LogP contribution in [0.3, 0.4) is 0 Å². The smallest absolute Gasteiger partial charge is 0.169 e. The molecule has 1 N–H and O–H groups in total. The van der Waals surface area contributed by atoms with Crippen LogP contribution in [0, 0.1) is 11.8 Å². The van der Waals surface area contributed by atoms with Crippen molar-refractivity contribution in [3.63, 3.8) is 0 Å². The minimum Gasteiger partial charge on any atom is -0.294 e. The number of rotatable bonds is 3. The van der Waals surface area contributed by atoms with Crippen molar-refractivity contribution in [3.05, 3.63) is 18.0 Å². The van der Waals surface area contributed by atoms with Crippen molar-refractivity contribution in [1.29, 1.82) is 0 Å². The molecule has 1 aromatic rings. The molecule has 0 amide bonds. The van der Waals surface area contributed by atoms with Crippen LogP contribution < -0.4 is 0 Å². The third-order valence-electron chi connectivity index (χ3n) is 2.20. The lowest BCUT2D eigenvalue weighted by atomic mass is 9.91. The molecule has 12 heavy (non-hydrogen) atoms. The molecule has 0 bridgehead atoms. The molecule has 0 aliphatic carbocycles. The Morgan fingerprint density at radius 2 is 2.17 bits per heavy atom. The van der Waals surface area contributed by atoms with Gasteiger partial charge in [-0.05, 0) is 5.92 Å². The largest absolute Gasteiger partial charge is 0.294 e. The molecule has 1 aromatic heterocycles. The third kappa shape index (κ3) is 1.72. The molecule has 0 spiro atoms. The van der Waals surface area contributed by atoms with E-state index in [1.54, 1.807) is 12.4 Å². The molecule has 3 nitrogen and oxygen atoms in total. The van der Waals surface area contributed by atoms with Crippen LogP contribution in [0.1, 0.15) is 31.1 Å². The summed E-state index contributed by atoms with van der Waals surface area (Å²) >= 11 is 0. The van der Waals surface area contributed by atoms with E-state index in [1.807, 2.05) is 20.8 Å². The summed E-state index contributed by atoms with van der Waals surface area (Å²) < 4.78 is 0. The van der Waals surface area contributed by atoms with Crippen LogP contribution in [0.5, 0.6) is 0 Å². The highest BCUT2D eigenvalue weighted by Crippen LogP contribution is 2.15. The molecule has 3 heteroatoms. The van der Waals surface area contributed by atoms with Crippen molar-refractivity contribution in [2.45, 2.75) is 20.8 Å². The summed E-state index contributed by atoms with van der Waals surface area (Å²) in [5.74, 6) is 0.619. The van der Waals surface area contributed by atoms with Crippen molar-refractivity contribution in [1.82, 2.24) is 10.2 Å². The van der Waals surface area contributed by atoms with Crippen molar-refractivity contribution >= 4 is 5.78 Å². The van der Waals surface area contributed by atoms with Crippen LogP contribution >= 0.6 is 0 Å². The van der Waals surface area contributed by atoms with E-state index >= 15 is 0 Å². The summed E-state index contributed by atoms with van der Waals surface area (Å²) in [6, 6.07) is 0. The number of hydrogen-bond donors (Lipinski definition) is 1. The van der Waals surface area contributed by atoms with Crippen LogP contribution in [0.25, 0.3) is 0 Å². The number of carbonyl (C=O) groups excluding carboxylic acids is 1. The average Bonchev–Trinajstić information content (AvgIpc) is 2.53. The monoisotopic (exact) mass is 166 g/mol. The first-order valence-corrected chi connectivity index (χ1v) is 4.16. The highest BCUT2D eigenvalue weighted by Gasteiger charge is 2.18. The maximum absolute atomic E-state index is 11.6. The zero-order valence-electron chi connectivity index (χ0n) is 7.66. The first kappa shape index (κ1) is 8.97. The lowest BCUT2D eigenvalue weighted by Crippen LogP contribution is -2.16. The van der Waals surface area contributed by atoms with E-state index in [0.717, 1.165) is 0 Å². The maximum atomic E-state index is 11.6. The minimum atomic E-state index is 0.0719. The number of H-pyrrole nitrogens is 1. The molecule has 0 aliphatic heterocycles. The van der Waals surface area contributed by atoms with Gasteiger partial charge in [0.05, 0.1) is 11.8 Å². The second-order valence-electron chi connectivity index (χ2n) is 3.38. The number of aromatic nitrogens is 2. The summed E-state index contributed by atoms with van der Waals surface area (Å²) in [6.45, 7) is 6.03. The van der Waals surface area contributed by atoms with E-state index in [0.29, 0.717) is 11.5 Å². The molecule has 1 rings (SSSR count). The van der Waals surface area contributed by atoms with Crippen molar-refractivity contribution < 1.29 is 4.79 Å². The molecule has 1 atom stereocenters. The van der Waals surface area contributed by atoms with Gasteiger partial charge >= 0.3 is 0 Å². The van der Waals surface area contributed by atoms with Gasteiger partial charge in [-0.1, -0.05) is 20.8 Å². The number of carbonyl (C=O) groups is 1. The van der Waals surface area contributed by atoms with Crippen LogP contribution in [-0.2, 0) is 0 Å². The zero-order chi connectivity index (χ0) is 9.14. The molecule has 0 fully saturated rings. The molecule has 0 aliphatic rings. The van der Waals surface area contributed by atoms with E-state index < -0.39 is 0 Å². The normalized spacial score (nSPS) is 13.3. The van der Waals surface area contributed by atoms with Gasteiger partial charge in [-0.25, -0.2) is 0 Å². The molecule has 1 heterocycles. The van der Waals surface area contributed by atoms with Crippen molar-refractivity contribution in [2.24, 2.45) is 11.8 Å². The summed E-state index contributed by atoms with van der Waals surface area (Å²) in [4.78, 5) is 11.6. The molecule has 66 valence electrons. The summed E-state index contributed by atoms with van der Waals surface area (Å²) in [6.07, 6.45) is 3.21. The maximum Gasteiger partial charge on any atom is 0.169 e. The minimum absolute atomic E-state index is 0.0719. The number of nitrogens with one attached hydrogen (secondary N) is 1. The molecule has 0 radical (unpaired) electrons. The Hall–Kier alpha value is -1.12. The fourth-order valence-corrected chi connectivity index (χ4v) is 0.951. The Balaban J connectivity index is 2.72. The quantitative estimate of drug-likeness (QED) is 0.697. The Bertz CT molecular complexity index is 252. The predicted molar refractivity (Wildman–Crippen MR) is 46.9 cm³/mol. The van der Waals surface area contributed by atoms with Crippen molar-refractivity contribution in [3.8, 4) is 0 Å². The summed E-state index contributed by atoms with van der Waals surface area (Å²) in [5.41, 5.74) is 0.677. The van der Waals surface area contributed by atoms with E-state index in [1.165, 1.54) is 0 Å². The molecular formula is C9H14N2O. The van der Waals surface area contributed by atoms with Gasteiger partial charge in [-0.2, -0.15) is 5.10 Å². The second-order valence-corrected chi connectivity index (χ2v) is 3.38. The van der Waals surface area contributed by atoms with Gasteiger partial charge in [-0.3, -0.25) is 9.89 Å². The van der Waals surface area contributed by atoms with E-state index in [-0.39, 0.29) is 11.7 Å². The van der Waals surface area contributed by atoms with E-state index in [2.05, 4.69) is 10.2 Å². The topological polar surface area (TPSA) is 45.8 Å². The van der Waals surface area contributed by atoms with Gasteiger partial charge in [0.25, 0.3) is 0 Å². The number of hydrogen-bond acceptors (Lipinski definition) is 2. The fraction of sp³-hybridized carbons (Fsp3) is 0.556. The Morgan fingerprint density at radius 3 is 2.58 bits per heavy atom. The molecule has 0 aromatic carbocycles. The highest BCUT2D eigenvalue weighted by molar-refractivity contribution is 5.97. The van der Waals surface area contributed by atoms with Gasteiger partial charge in [0, 0.05) is 12.1 Å². The van der Waals surface area contributed by atoms with Crippen LogP contribution in [0.15, 0.2) is 12.4 Å². The first-order chi connectivity index (χ1) is 5.63. The lowest BCUT2D eigenvalue weighted by Gasteiger charge is -2.12. The molecular weight excluding hydrogens is 152 g/mol. The van der Waals surface area contributed by atoms with Crippen LogP contribution in [0.4, 0.5) is 0 Å². The van der Waals surface area contributed by atoms with E-state index in [4.69, 9.17) is 0 Å². The SMILES string of the molecule is CC(C)C(C)C(=O)c1cn[nH]c1. The Kier molecular flexibility index (Phi) is 2.63. The number of nitrogens with zero attached hydrogens (tertiary/aromatic N) is 1. The second kappa shape index (κ2) is 3.52. The number of ketones is 1. The summed E-state index contributed by atoms with van der Waals surface area (Å²) in [7, 11) is 0. The van der Waals surface area contributed by atoms with Gasteiger partial charge in [0.1, 0.15) is 0 Å². The molecule has 0 saturated carbocycles. The van der Waals surface area contributed by atoms with Crippen molar-refractivity contribution in [2.75, 3.05) is 0 Å². The number of Topliss-reactive ketones (excluding diaryl/α,β-unsaturated/α-hetero) is 1. The Labute approximate surface area is 72.2 Å². The standard InChI is InChI=1S/C9H14N2O/c1-6(2)7(3)9(12)8-4-10-11-5-8/h4-7H,1-3H3,(H,10,11). The predicted octanol–water partition coefficient (Wildman–Crippen LogP) is 1.88. The summed E-state index contributed by atoms with van der Waals surface area (Å²) in [5, 5.41) is 6.37. The Morgan fingerprint density at radius 1 is 1.50 bits per heavy atom. The highest BCUT2D eigenvalue weighted by atomic mass is 16.1. The number of aromatic amines is 1. The van der Waals surface area contributed by atoms with E-state index in [9.17, 15) is 4.79 Å². The molecule has 1 unspecified atom stereocenters. The lowest BCUT2D eigenvalue weighted by molar-refractivity contribution is 0.0900. The van der Waals surface area contributed by atoms with Gasteiger partial charge in [0.15, 0.2) is 5.78 Å². The fourth-order valence-electron chi connectivity index (χ4n) is 0.951. The molecule has 0 saturated heterocycles. The van der Waals surface area contributed by atoms with Gasteiger partial charge in [-0.15, -0.1) is 0 Å². The average molecular weight is 166 g/mol. The van der Waals surface area contributed by atoms with Gasteiger partial charge in [0.2, 0.25) is 0 Å². The third-order valence-corrected chi connectivity index (χ3v) is 2.20.